The molecule has 2 unspecified atom stereocenters. The van der Waals surface area contributed by atoms with Gasteiger partial charge in [-0.15, -0.1) is 0 Å². The Morgan fingerprint density at radius 3 is 2.55 bits per heavy atom. The minimum Gasteiger partial charge on any atom is -0.347 e. The smallest absolute Gasteiger partial charge is 0.244 e. The van der Waals surface area contributed by atoms with Crippen molar-refractivity contribution in [1.82, 2.24) is 9.80 Å². The minimum atomic E-state index is -0.702. The normalized spacial score (nSPS) is 19.8. The standard InChI is InChI=1S/C15H21N3O2/c1-17(2)14(19)12-9-6-10-18(12)15(20)13(16)11-7-4-3-5-8-11/h3-5,7-8,12-13H,6,9-10,16H2,1-2H3. The van der Waals surface area contributed by atoms with Gasteiger partial charge in [0.2, 0.25) is 11.8 Å². The highest BCUT2D eigenvalue weighted by Crippen LogP contribution is 2.23. The van der Waals surface area contributed by atoms with Crippen LogP contribution in [0.3, 0.4) is 0 Å². The maximum absolute atomic E-state index is 12.5. The van der Waals surface area contributed by atoms with Gasteiger partial charge in [0, 0.05) is 20.6 Å². The van der Waals surface area contributed by atoms with E-state index in [2.05, 4.69) is 0 Å². The van der Waals surface area contributed by atoms with Crippen LogP contribution in [0.1, 0.15) is 24.4 Å². The van der Waals surface area contributed by atoms with Gasteiger partial charge in [0.1, 0.15) is 12.1 Å². The summed E-state index contributed by atoms with van der Waals surface area (Å²) < 4.78 is 0. The third kappa shape index (κ3) is 2.82. The number of rotatable bonds is 3. The van der Waals surface area contributed by atoms with E-state index in [1.165, 1.54) is 4.90 Å². The van der Waals surface area contributed by atoms with Crippen molar-refractivity contribution in [2.75, 3.05) is 20.6 Å². The van der Waals surface area contributed by atoms with E-state index < -0.39 is 6.04 Å². The van der Waals surface area contributed by atoms with Crippen LogP contribution in [0.4, 0.5) is 0 Å². The van der Waals surface area contributed by atoms with E-state index in [1.807, 2.05) is 30.3 Å². The molecule has 0 saturated carbocycles. The first-order valence-electron chi connectivity index (χ1n) is 6.84. The number of hydrogen-bond acceptors (Lipinski definition) is 3. The van der Waals surface area contributed by atoms with E-state index >= 15 is 0 Å². The summed E-state index contributed by atoms with van der Waals surface area (Å²) in [4.78, 5) is 27.8. The molecular weight excluding hydrogens is 254 g/mol. The topological polar surface area (TPSA) is 66.6 Å². The molecule has 1 aliphatic rings. The predicted molar refractivity (Wildman–Crippen MR) is 76.8 cm³/mol. The van der Waals surface area contributed by atoms with Crippen molar-refractivity contribution in [3.05, 3.63) is 35.9 Å². The van der Waals surface area contributed by atoms with Crippen molar-refractivity contribution in [3.8, 4) is 0 Å². The first-order chi connectivity index (χ1) is 9.52. The van der Waals surface area contributed by atoms with Gasteiger partial charge >= 0.3 is 0 Å². The number of hydrogen-bond donors (Lipinski definition) is 1. The Kier molecular flexibility index (Phi) is 4.39. The van der Waals surface area contributed by atoms with Gasteiger partial charge in [0.15, 0.2) is 0 Å². The van der Waals surface area contributed by atoms with Crippen LogP contribution in [-0.4, -0.2) is 48.3 Å². The lowest BCUT2D eigenvalue weighted by atomic mass is 10.1. The van der Waals surface area contributed by atoms with Crippen LogP contribution in [0.25, 0.3) is 0 Å². The van der Waals surface area contributed by atoms with Crippen LogP contribution in [-0.2, 0) is 9.59 Å². The van der Waals surface area contributed by atoms with Crippen molar-refractivity contribution in [1.29, 1.82) is 0 Å². The summed E-state index contributed by atoms with van der Waals surface area (Å²) in [5.74, 6) is -0.204. The lowest BCUT2D eigenvalue weighted by Gasteiger charge is -2.28. The Morgan fingerprint density at radius 1 is 1.30 bits per heavy atom. The Labute approximate surface area is 119 Å². The average Bonchev–Trinajstić information content (AvgIpc) is 2.94. The number of carbonyl (C=O) groups is 2. The highest BCUT2D eigenvalue weighted by molar-refractivity contribution is 5.90. The third-order valence-electron chi connectivity index (χ3n) is 3.69. The number of amides is 2. The number of benzene rings is 1. The van der Waals surface area contributed by atoms with Crippen LogP contribution in [0.2, 0.25) is 0 Å². The fourth-order valence-corrected chi connectivity index (χ4v) is 2.57. The fourth-order valence-electron chi connectivity index (χ4n) is 2.57. The van der Waals surface area contributed by atoms with Gasteiger partial charge < -0.3 is 15.5 Å². The summed E-state index contributed by atoms with van der Waals surface area (Å²) in [6, 6.07) is 8.20. The second-order valence-corrected chi connectivity index (χ2v) is 5.31. The van der Waals surface area contributed by atoms with E-state index in [0.717, 1.165) is 12.0 Å². The molecule has 0 radical (unpaired) electrons. The molecule has 1 saturated heterocycles. The third-order valence-corrected chi connectivity index (χ3v) is 3.69. The summed E-state index contributed by atoms with van der Waals surface area (Å²) in [6.07, 6.45) is 1.56. The first kappa shape index (κ1) is 14.5. The van der Waals surface area contributed by atoms with Gasteiger partial charge in [-0.25, -0.2) is 0 Å². The summed E-state index contributed by atoms with van der Waals surface area (Å²) in [6.45, 7) is 0.601. The Balaban J connectivity index is 2.14. The minimum absolute atomic E-state index is 0.0314. The molecular formula is C15H21N3O2. The lowest BCUT2D eigenvalue weighted by Crippen LogP contribution is -2.48. The molecule has 0 spiro atoms. The molecule has 0 bridgehead atoms. The number of likely N-dealkylation sites (tertiary alicyclic amines) is 1. The van der Waals surface area contributed by atoms with Gasteiger partial charge in [0.05, 0.1) is 0 Å². The number of nitrogens with two attached hydrogens (primary N) is 1. The van der Waals surface area contributed by atoms with Crippen LogP contribution in [0.15, 0.2) is 30.3 Å². The van der Waals surface area contributed by atoms with Crippen molar-refractivity contribution in [2.45, 2.75) is 24.9 Å². The molecule has 20 heavy (non-hydrogen) atoms. The molecule has 1 fully saturated rings. The lowest BCUT2D eigenvalue weighted by molar-refractivity contribution is -0.143. The molecule has 2 atom stereocenters. The van der Waals surface area contributed by atoms with Crippen molar-refractivity contribution in [2.24, 2.45) is 5.73 Å². The van der Waals surface area contributed by atoms with Crippen LogP contribution in [0, 0.1) is 0 Å². The zero-order valence-electron chi connectivity index (χ0n) is 12.0. The molecule has 1 aliphatic heterocycles. The Hall–Kier alpha value is -1.88. The molecule has 2 amide bonds. The first-order valence-corrected chi connectivity index (χ1v) is 6.84. The fraction of sp³-hybridized carbons (Fsp3) is 0.467. The van der Waals surface area contributed by atoms with E-state index in [1.54, 1.807) is 19.0 Å². The number of nitrogens with zero attached hydrogens (tertiary/aromatic N) is 2. The molecule has 5 heteroatoms. The zero-order valence-corrected chi connectivity index (χ0v) is 12.0. The van der Waals surface area contributed by atoms with Crippen LogP contribution in [0.5, 0.6) is 0 Å². The summed E-state index contributed by atoms with van der Waals surface area (Å²) in [5, 5.41) is 0. The molecule has 2 N–H and O–H groups in total. The van der Waals surface area contributed by atoms with Crippen LogP contribution < -0.4 is 5.73 Å². The van der Waals surface area contributed by atoms with E-state index in [-0.39, 0.29) is 17.9 Å². The maximum atomic E-state index is 12.5. The van der Waals surface area contributed by atoms with Crippen molar-refractivity contribution >= 4 is 11.8 Å². The molecule has 1 aromatic carbocycles. The molecule has 1 aromatic rings. The van der Waals surface area contributed by atoms with Gasteiger partial charge in [-0.1, -0.05) is 30.3 Å². The molecule has 108 valence electrons. The van der Waals surface area contributed by atoms with Gasteiger partial charge in [-0.2, -0.15) is 0 Å². The van der Waals surface area contributed by atoms with Crippen molar-refractivity contribution in [3.63, 3.8) is 0 Å². The zero-order chi connectivity index (χ0) is 14.7. The number of likely N-dealkylation sites (N-methyl/N-ethyl adjacent to an activating group) is 1. The average molecular weight is 275 g/mol. The van der Waals surface area contributed by atoms with E-state index in [4.69, 9.17) is 5.73 Å². The van der Waals surface area contributed by atoms with Gasteiger partial charge in [-0.05, 0) is 18.4 Å². The molecule has 0 aromatic heterocycles. The summed E-state index contributed by atoms with van der Waals surface area (Å²) in [7, 11) is 3.42. The molecule has 1 heterocycles. The largest absolute Gasteiger partial charge is 0.347 e. The van der Waals surface area contributed by atoms with Crippen molar-refractivity contribution < 1.29 is 9.59 Å². The SMILES string of the molecule is CN(C)C(=O)C1CCCN1C(=O)C(N)c1ccccc1. The molecule has 0 aliphatic carbocycles. The van der Waals surface area contributed by atoms with E-state index in [0.29, 0.717) is 13.0 Å². The van der Waals surface area contributed by atoms with Gasteiger partial charge in [0.25, 0.3) is 0 Å². The molecule has 2 rings (SSSR count). The highest BCUT2D eigenvalue weighted by Gasteiger charge is 2.37. The Bertz CT molecular complexity index is 487. The second kappa shape index (κ2) is 6.05. The maximum Gasteiger partial charge on any atom is 0.244 e. The quantitative estimate of drug-likeness (QED) is 0.886. The molecule has 5 nitrogen and oxygen atoms in total. The van der Waals surface area contributed by atoms with E-state index in [9.17, 15) is 9.59 Å². The monoisotopic (exact) mass is 275 g/mol. The summed E-state index contributed by atoms with van der Waals surface area (Å²) >= 11 is 0. The number of carbonyl (C=O) groups excluding carboxylic acids is 2. The summed E-state index contributed by atoms with van der Waals surface area (Å²) in [5.41, 5.74) is 6.82. The van der Waals surface area contributed by atoms with Crippen LogP contribution >= 0.6 is 0 Å². The predicted octanol–water partition coefficient (Wildman–Crippen LogP) is 0.766. The highest BCUT2D eigenvalue weighted by atomic mass is 16.2. The van der Waals surface area contributed by atoms with Gasteiger partial charge in [-0.3, -0.25) is 9.59 Å². The second-order valence-electron chi connectivity index (χ2n) is 5.31. The Morgan fingerprint density at radius 2 is 1.95 bits per heavy atom.